The average molecular weight is 337 g/mol. The number of hydrogen-bond acceptors (Lipinski definition) is 4. The lowest BCUT2D eigenvalue weighted by atomic mass is 10.1. The zero-order valence-corrected chi connectivity index (χ0v) is 12.3. The van der Waals surface area contributed by atoms with Crippen LogP contribution in [0.15, 0.2) is 40.9 Å². The largest absolute Gasteiger partial charge is 0.508 e. The molecule has 2 aromatic carbocycles. The first kappa shape index (κ1) is 14.3. The van der Waals surface area contributed by atoms with Gasteiger partial charge in [0, 0.05) is 11.0 Å². The first-order valence-corrected chi connectivity index (χ1v) is 6.73. The van der Waals surface area contributed by atoms with E-state index in [2.05, 4.69) is 21.2 Å². The van der Waals surface area contributed by atoms with Gasteiger partial charge in [-0.15, -0.1) is 0 Å². The van der Waals surface area contributed by atoms with Crippen molar-refractivity contribution in [2.24, 2.45) is 0 Å². The topological polar surface area (TPSA) is 75.4 Å². The highest BCUT2D eigenvalue weighted by Gasteiger charge is 2.14. The maximum atomic E-state index is 10.9. The third-order valence-corrected chi connectivity index (χ3v) is 3.59. The van der Waals surface area contributed by atoms with Gasteiger partial charge >= 0.3 is 0 Å². The lowest BCUT2D eigenvalue weighted by Crippen LogP contribution is -2.03. The summed E-state index contributed by atoms with van der Waals surface area (Å²) < 4.78 is 0.950. The normalized spacial score (nSPS) is 10.3. The molecule has 0 saturated carbocycles. The molecule has 0 aliphatic heterocycles. The van der Waals surface area contributed by atoms with Gasteiger partial charge in [-0.1, -0.05) is 28.1 Å². The fraction of sp³-hybridized carbons (Fsp3) is 0.143. The highest BCUT2D eigenvalue weighted by atomic mass is 79.9. The molecule has 2 N–H and O–H groups in total. The number of nitrogens with one attached hydrogen (secondary N) is 1. The zero-order valence-electron chi connectivity index (χ0n) is 10.8. The number of rotatable bonds is 4. The molecule has 0 aromatic heterocycles. The van der Waals surface area contributed by atoms with Gasteiger partial charge in [-0.25, -0.2) is 0 Å². The van der Waals surface area contributed by atoms with Gasteiger partial charge in [-0.3, -0.25) is 10.1 Å². The second-order valence-electron chi connectivity index (χ2n) is 4.41. The quantitative estimate of drug-likeness (QED) is 0.503. The Bertz CT molecular complexity index is 659. The van der Waals surface area contributed by atoms with Crippen LogP contribution < -0.4 is 5.32 Å². The summed E-state index contributed by atoms with van der Waals surface area (Å²) in [7, 11) is 0. The van der Waals surface area contributed by atoms with E-state index >= 15 is 0 Å². The van der Waals surface area contributed by atoms with E-state index in [0.29, 0.717) is 12.2 Å². The predicted octanol–water partition coefficient (Wildman–Crippen LogP) is 3.98. The number of hydrogen-bond donors (Lipinski definition) is 2. The van der Waals surface area contributed by atoms with E-state index < -0.39 is 4.92 Å². The van der Waals surface area contributed by atoms with Crippen LogP contribution in [-0.2, 0) is 6.54 Å². The molecule has 5 nitrogen and oxygen atoms in total. The Morgan fingerprint density at radius 3 is 2.70 bits per heavy atom. The van der Waals surface area contributed by atoms with E-state index in [9.17, 15) is 15.2 Å². The monoisotopic (exact) mass is 336 g/mol. The standard InChI is InChI=1S/C14H13BrN2O3/c1-9-2-3-10(12(15)6-9)8-16-13-5-4-11(18)7-14(13)17(19)20/h2-7,16,18H,8H2,1H3. The molecular formula is C14H13BrN2O3. The van der Waals surface area contributed by atoms with Crippen LogP contribution in [0.2, 0.25) is 0 Å². The van der Waals surface area contributed by atoms with E-state index in [1.165, 1.54) is 12.1 Å². The molecule has 0 aliphatic carbocycles. The highest BCUT2D eigenvalue weighted by molar-refractivity contribution is 9.10. The number of aryl methyl sites for hydroxylation is 1. The molecule has 0 atom stereocenters. The Hall–Kier alpha value is -2.08. The van der Waals surface area contributed by atoms with E-state index in [0.717, 1.165) is 21.7 Å². The van der Waals surface area contributed by atoms with Gasteiger partial charge in [0.2, 0.25) is 0 Å². The van der Waals surface area contributed by atoms with Crippen molar-refractivity contribution in [3.05, 3.63) is 62.1 Å². The molecule has 0 fully saturated rings. The first-order chi connectivity index (χ1) is 9.47. The predicted molar refractivity (Wildman–Crippen MR) is 81.0 cm³/mol. The van der Waals surface area contributed by atoms with Crippen molar-refractivity contribution in [2.45, 2.75) is 13.5 Å². The molecule has 2 aromatic rings. The summed E-state index contributed by atoms with van der Waals surface area (Å²) in [5.41, 5.74) is 2.36. The lowest BCUT2D eigenvalue weighted by Gasteiger charge is -2.09. The van der Waals surface area contributed by atoms with Gasteiger partial charge in [0.25, 0.3) is 5.69 Å². The van der Waals surface area contributed by atoms with Gasteiger partial charge in [0.1, 0.15) is 11.4 Å². The minimum atomic E-state index is -0.522. The van der Waals surface area contributed by atoms with Crippen LogP contribution in [0.1, 0.15) is 11.1 Å². The van der Waals surface area contributed by atoms with Gasteiger partial charge in [-0.2, -0.15) is 0 Å². The van der Waals surface area contributed by atoms with Crippen LogP contribution in [0, 0.1) is 17.0 Å². The van der Waals surface area contributed by atoms with E-state index in [4.69, 9.17) is 0 Å². The van der Waals surface area contributed by atoms with Crippen molar-refractivity contribution >= 4 is 27.3 Å². The van der Waals surface area contributed by atoms with Crippen LogP contribution in [0.4, 0.5) is 11.4 Å². The van der Waals surface area contributed by atoms with Crippen molar-refractivity contribution in [3.8, 4) is 5.75 Å². The molecule has 0 saturated heterocycles. The summed E-state index contributed by atoms with van der Waals surface area (Å²) in [5.74, 6) is -0.126. The fourth-order valence-corrected chi connectivity index (χ4v) is 2.44. The van der Waals surface area contributed by atoms with Crippen LogP contribution in [0.3, 0.4) is 0 Å². The van der Waals surface area contributed by atoms with Crippen molar-refractivity contribution < 1.29 is 10.0 Å². The number of halogens is 1. The molecule has 0 amide bonds. The number of anilines is 1. The maximum Gasteiger partial charge on any atom is 0.296 e. The van der Waals surface area contributed by atoms with E-state index in [1.807, 2.05) is 25.1 Å². The SMILES string of the molecule is Cc1ccc(CNc2ccc(O)cc2[N+](=O)[O-])c(Br)c1. The smallest absolute Gasteiger partial charge is 0.296 e. The summed E-state index contributed by atoms with van der Waals surface area (Å²) in [4.78, 5) is 10.4. The number of nitrogens with zero attached hydrogens (tertiary/aromatic N) is 1. The Kier molecular flexibility index (Phi) is 4.24. The van der Waals surface area contributed by atoms with Gasteiger partial charge in [0.15, 0.2) is 0 Å². The van der Waals surface area contributed by atoms with Gasteiger partial charge in [0.05, 0.1) is 11.0 Å². The number of nitro benzene ring substituents is 1. The summed E-state index contributed by atoms with van der Waals surface area (Å²) >= 11 is 3.47. The first-order valence-electron chi connectivity index (χ1n) is 5.93. The van der Waals surface area contributed by atoms with E-state index in [1.54, 1.807) is 0 Å². The molecular weight excluding hydrogens is 324 g/mol. The number of aromatic hydroxyl groups is 1. The van der Waals surface area contributed by atoms with Crippen molar-refractivity contribution in [2.75, 3.05) is 5.32 Å². The molecule has 0 spiro atoms. The molecule has 0 heterocycles. The fourth-order valence-electron chi connectivity index (χ4n) is 1.81. The Morgan fingerprint density at radius 1 is 1.30 bits per heavy atom. The van der Waals surface area contributed by atoms with Crippen molar-refractivity contribution in [1.29, 1.82) is 0 Å². The Balaban J connectivity index is 2.20. The third kappa shape index (κ3) is 3.27. The number of benzene rings is 2. The minimum absolute atomic E-state index is 0.126. The number of nitro groups is 1. The zero-order chi connectivity index (χ0) is 14.7. The van der Waals surface area contributed by atoms with Crippen molar-refractivity contribution in [3.63, 3.8) is 0 Å². The molecule has 2 rings (SSSR count). The summed E-state index contributed by atoms with van der Waals surface area (Å²) in [6, 6.07) is 9.97. The Labute approximate surface area is 124 Å². The molecule has 104 valence electrons. The molecule has 20 heavy (non-hydrogen) atoms. The summed E-state index contributed by atoms with van der Waals surface area (Å²) in [6.45, 7) is 2.44. The number of phenolic OH excluding ortho intramolecular Hbond substituents is 1. The average Bonchev–Trinajstić information content (AvgIpc) is 2.38. The number of phenols is 1. The minimum Gasteiger partial charge on any atom is -0.508 e. The third-order valence-electron chi connectivity index (χ3n) is 2.86. The van der Waals surface area contributed by atoms with Crippen LogP contribution in [-0.4, -0.2) is 10.0 Å². The molecule has 6 heteroatoms. The lowest BCUT2D eigenvalue weighted by molar-refractivity contribution is -0.384. The molecule has 0 unspecified atom stereocenters. The Morgan fingerprint density at radius 2 is 2.05 bits per heavy atom. The molecule has 0 aliphatic rings. The maximum absolute atomic E-state index is 10.9. The van der Waals surface area contributed by atoms with Crippen LogP contribution in [0.25, 0.3) is 0 Å². The van der Waals surface area contributed by atoms with Crippen LogP contribution >= 0.6 is 15.9 Å². The second kappa shape index (κ2) is 5.92. The van der Waals surface area contributed by atoms with Crippen molar-refractivity contribution in [1.82, 2.24) is 0 Å². The molecule has 0 radical (unpaired) electrons. The van der Waals surface area contributed by atoms with Gasteiger partial charge in [-0.05, 0) is 36.2 Å². The van der Waals surface area contributed by atoms with Gasteiger partial charge < -0.3 is 10.4 Å². The molecule has 0 bridgehead atoms. The highest BCUT2D eigenvalue weighted by Crippen LogP contribution is 2.29. The van der Waals surface area contributed by atoms with E-state index in [-0.39, 0.29) is 11.4 Å². The summed E-state index contributed by atoms with van der Waals surface area (Å²) in [6.07, 6.45) is 0. The second-order valence-corrected chi connectivity index (χ2v) is 5.26. The summed E-state index contributed by atoms with van der Waals surface area (Å²) in [5, 5.41) is 23.3. The van der Waals surface area contributed by atoms with Crippen LogP contribution in [0.5, 0.6) is 5.75 Å².